The van der Waals surface area contributed by atoms with E-state index in [1.165, 1.54) is 23.8 Å². The molecule has 0 spiro atoms. The van der Waals surface area contributed by atoms with E-state index in [1.54, 1.807) is 0 Å². The van der Waals surface area contributed by atoms with Crippen LogP contribution in [0.5, 0.6) is 0 Å². The van der Waals surface area contributed by atoms with Gasteiger partial charge in [0.25, 0.3) is 0 Å². The van der Waals surface area contributed by atoms with E-state index in [0.717, 1.165) is 17.1 Å². The Kier molecular flexibility index (Phi) is 5.79. The van der Waals surface area contributed by atoms with E-state index < -0.39 is 11.6 Å². The van der Waals surface area contributed by atoms with Gasteiger partial charge in [-0.05, 0) is 23.3 Å². The van der Waals surface area contributed by atoms with Crippen LogP contribution in [0.25, 0.3) is 0 Å². The molecule has 2 aromatic carbocycles. The van der Waals surface area contributed by atoms with Gasteiger partial charge in [-0.15, -0.1) is 0 Å². The summed E-state index contributed by atoms with van der Waals surface area (Å²) in [5, 5.41) is 0. The Morgan fingerprint density at radius 3 is 2.46 bits per heavy atom. The monoisotopic (exact) mass is 365 g/mol. The molecule has 0 radical (unpaired) electrons. The Bertz CT molecular complexity index is 714. The smallest absolute Gasteiger partial charge is 0.222 e. The maximum Gasteiger partial charge on any atom is 0.222 e. The predicted octanol–water partition coefficient (Wildman–Crippen LogP) is 5.38. The van der Waals surface area contributed by atoms with Crippen LogP contribution < -0.4 is 0 Å². The quantitative estimate of drug-likeness (QED) is 0.506. The van der Waals surface area contributed by atoms with E-state index in [4.69, 9.17) is 4.74 Å². The molecule has 1 aliphatic rings. The number of rotatable bonds is 6. The van der Waals surface area contributed by atoms with Gasteiger partial charge < -0.3 is 4.74 Å². The number of halogens is 2. The molecule has 2 nitrogen and oxygen atoms in total. The van der Waals surface area contributed by atoms with Gasteiger partial charge in [0.1, 0.15) is 29.8 Å². The molecule has 0 saturated heterocycles. The number of nitrogens with zero attached hydrogens (tertiary/aromatic N) is 1. The average molecular weight is 365 g/mol. The lowest BCUT2D eigenvalue weighted by atomic mass is 10.1. The molecule has 1 aliphatic heterocycles. The number of benzene rings is 2. The van der Waals surface area contributed by atoms with E-state index in [9.17, 15) is 8.78 Å². The van der Waals surface area contributed by atoms with Crippen LogP contribution in [0.15, 0.2) is 47.5 Å². The Morgan fingerprint density at radius 2 is 1.79 bits per heavy atom. The fourth-order valence-corrected chi connectivity index (χ4v) is 4.15. The zero-order chi connectivity index (χ0) is 16.9. The first kappa shape index (κ1) is 17.3. The maximum absolute atomic E-state index is 13.8. The van der Waals surface area contributed by atoms with Crippen molar-refractivity contribution in [1.29, 1.82) is 0 Å². The molecule has 1 heterocycles. The van der Waals surface area contributed by atoms with Crippen LogP contribution in [0.1, 0.15) is 29.7 Å². The van der Waals surface area contributed by atoms with Crippen molar-refractivity contribution in [3.8, 4) is 0 Å². The van der Waals surface area contributed by atoms with Gasteiger partial charge in [0.15, 0.2) is 0 Å². The summed E-state index contributed by atoms with van der Waals surface area (Å²) in [6.07, 6.45) is 0. The van der Waals surface area contributed by atoms with Gasteiger partial charge in [-0.25, -0.2) is 13.8 Å². The summed E-state index contributed by atoms with van der Waals surface area (Å²) in [6.45, 7) is 2.43. The first-order chi connectivity index (χ1) is 11.7. The highest BCUT2D eigenvalue weighted by Gasteiger charge is 2.25. The topological polar surface area (TPSA) is 21.6 Å². The van der Waals surface area contributed by atoms with Crippen molar-refractivity contribution >= 4 is 27.5 Å². The number of ether oxygens (including phenoxy) is 1. The van der Waals surface area contributed by atoms with Crippen LogP contribution in [-0.4, -0.2) is 18.3 Å². The van der Waals surface area contributed by atoms with Gasteiger partial charge in [-0.1, -0.05) is 58.8 Å². The predicted molar refractivity (Wildman–Crippen MR) is 97.5 cm³/mol. The molecule has 1 unspecified atom stereocenters. The van der Waals surface area contributed by atoms with E-state index in [1.807, 2.05) is 33.7 Å². The van der Waals surface area contributed by atoms with Crippen molar-refractivity contribution < 1.29 is 13.5 Å². The molecule has 24 heavy (non-hydrogen) atoms. The van der Waals surface area contributed by atoms with Gasteiger partial charge >= 0.3 is 0 Å². The molecule has 0 N–H and O–H groups in total. The molecule has 0 saturated carbocycles. The normalized spacial score (nSPS) is 16.8. The lowest BCUT2D eigenvalue weighted by Crippen LogP contribution is -2.07. The Hall–Kier alpha value is -1.53. The highest BCUT2D eigenvalue weighted by Crippen LogP contribution is 2.29. The number of hydrogen-bond acceptors (Lipinski definition) is 4. The zero-order valence-corrected chi connectivity index (χ0v) is 14.8. The van der Waals surface area contributed by atoms with Crippen molar-refractivity contribution in [1.82, 2.24) is 0 Å². The third-order valence-electron chi connectivity index (χ3n) is 3.62. The second kappa shape index (κ2) is 8.03. The lowest BCUT2D eigenvalue weighted by Gasteiger charge is -2.06. The second-order valence-corrected chi connectivity index (χ2v) is 8.02. The fourth-order valence-electron chi connectivity index (χ4n) is 2.41. The summed E-state index contributed by atoms with van der Waals surface area (Å²) in [5.41, 5.74) is 2.04. The van der Waals surface area contributed by atoms with E-state index in [2.05, 4.69) is 24.0 Å². The van der Waals surface area contributed by atoms with Crippen LogP contribution in [0, 0.1) is 11.6 Å². The van der Waals surface area contributed by atoms with Crippen LogP contribution in [0.3, 0.4) is 0 Å². The molecular formula is C18H17F2NOS2. The SMILES string of the molecule is CCSSCc1ccc(C2COC(c3c(F)cccc3F)=N2)cc1. The fraction of sp³-hybridized carbons (Fsp3) is 0.278. The summed E-state index contributed by atoms with van der Waals surface area (Å²) in [5.74, 6) is 0.765. The van der Waals surface area contributed by atoms with Gasteiger partial charge in [0, 0.05) is 11.5 Å². The molecule has 0 aliphatic carbocycles. The highest BCUT2D eigenvalue weighted by molar-refractivity contribution is 8.76. The van der Waals surface area contributed by atoms with Gasteiger partial charge in [0.05, 0.1) is 0 Å². The van der Waals surface area contributed by atoms with E-state index in [0.29, 0.717) is 6.61 Å². The molecule has 1 atom stereocenters. The summed E-state index contributed by atoms with van der Waals surface area (Å²) in [6, 6.07) is 11.7. The van der Waals surface area contributed by atoms with Crippen LogP contribution in [-0.2, 0) is 10.5 Å². The van der Waals surface area contributed by atoms with Crippen molar-refractivity contribution in [3.05, 3.63) is 70.8 Å². The third kappa shape index (κ3) is 3.92. The van der Waals surface area contributed by atoms with Crippen molar-refractivity contribution in [2.45, 2.75) is 18.7 Å². The number of aliphatic imine (C=N–C) groups is 1. The molecule has 0 amide bonds. The maximum atomic E-state index is 13.8. The minimum absolute atomic E-state index is 0.0366. The third-order valence-corrected chi connectivity index (χ3v) is 6.03. The highest BCUT2D eigenvalue weighted by atomic mass is 33.1. The Morgan fingerprint density at radius 1 is 1.08 bits per heavy atom. The standard InChI is InChI=1S/C18H17F2NOS2/c1-2-23-24-11-12-6-8-13(9-7-12)16-10-22-18(21-16)17-14(19)4-3-5-15(17)20/h3-9,16H,2,10-11H2,1H3. The summed E-state index contributed by atoms with van der Waals surface area (Å²) >= 11 is 0. The zero-order valence-electron chi connectivity index (χ0n) is 13.2. The van der Waals surface area contributed by atoms with Gasteiger partial charge in [0.2, 0.25) is 5.90 Å². The van der Waals surface area contributed by atoms with Crippen LogP contribution in [0.4, 0.5) is 8.78 Å². The molecule has 126 valence electrons. The second-order valence-electron chi connectivity index (χ2n) is 5.27. The molecule has 3 rings (SSSR count). The summed E-state index contributed by atoms with van der Waals surface area (Å²) in [7, 11) is 3.66. The summed E-state index contributed by atoms with van der Waals surface area (Å²) in [4.78, 5) is 4.36. The minimum Gasteiger partial charge on any atom is -0.475 e. The van der Waals surface area contributed by atoms with Crippen molar-refractivity contribution in [2.75, 3.05) is 12.4 Å². The largest absolute Gasteiger partial charge is 0.475 e. The summed E-state index contributed by atoms with van der Waals surface area (Å²) < 4.78 is 33.1. The molecule has 0 fully saturated rings. The number of hydrogen-bond donors (Lipinski definition) is 0. The first-order valence-corrected chi connectivity index (χ1v) is 10.2. The lowest BCUT2D eigenvalue weighted by molar-refractivity contribution is 0.317. The molecule has 0 aromatic heterocycles. The van der Waals surface area contributed by atoms with Gasteiger partial charge in [-0.3, -0.25) is 0 Å². The first-order valence-electron chi connectivity index (χ1n) is 7.67. The molecule has 6 heteroatoms. The molecule has 0 bridgehead atoms. The van der Waals surface area contributed by atoms with Crippen LogP contribution in [0.2, 0.25) is 0 Å². The molecule has 2 aromatic rings. The Balaban J connectivity index is 1.74. The minimum atomic E-state index is -0.657. The van der Waals surface area contributed by atoms with Crippen LogP contribution >= 0.6 is 21.6 Å². The van der Waals surface area contributed by atoms with E-state index in [-0.39, 0.29) is 17.5 Å². The average Bonchev–Trinajstić information content (AvgIpc) is 3.05. The van der Waals surface area contributed by atoms with E-state index >= 15 is 0 Å². The van der Waals surface area contributed by atoms with Gasteiger partial charge in [-0.2, -0.15) is 0 Å². The van der Waals surface area contributed by atoms with Crippen molar-refractivity contribution in [2.24, 2.45) is 4.99 Å². The van der Waals surface area contributed by atoms with Crippen molar-refractivity contribution in [3.63, 3.8) is 0 Å². The Labute approximate surface area is 148 Å². The molecular weight excluding hydrogens is 348 g/mol.